The molecule has 2 amide bonds. The summed E-state index contributed by atoms with van der Waals surface area (Å²) in [6.45, 7) is 5.96. The molecule has 4 rings (SSSR count). The molecule has 0 saturated carbocycles. The molecule has 0 unspecified atom stereocenters. The Labute approximate surface area is 162 Å². The highest BCUT2D eigenvalue weighted by molar-refractivity contribution is 7.09. The van der Waals surface area contributed by atoms with E-state index < -0.39 is 0 Å². The van der Waals surface area contributed by atoms with E-state index in [0.717, 1.165) is 41.8 Å². The normalized spacial score (nSPS) is 15.1. The van der Waals surface area contributed by atoms with Crippen molar-refractivity contribution in [3.8, 4) is 11.5 Å². The van der Waals surface area contributed by atoms with Crippen molar-refractivity contribution in [1.82, 2.24) is 14.8 Å². The summed E-state index contributed by atoms with van der Waals surface area (Å²) in [5.74, 6) is 0.801. The van der Waals surface area contributed by atoms with Gasteiger partial charge in [0, 0.05) is 37.2 Å². The lowest BCUT2D eigenvalue weighted by Gasteiger charge is -2.34. The second-order valence-corrected chi connectivity index (χ2v) is 7.61. The van der Waals surface area contributed by atoms with Crippen molar-refractivity contribution >= 4 is 23.1 Å². The van der Waals surface area contributed by atoms with Crippen LogP contribution in [0.3, 0.4) is 0 Å². The van der Waals surface area contributed by atoms with Crippen molar-refractivity contribution < 1.29 is 9.21 Å². The van der Waals surface area contributed by atoms with Gasteiger partial charge in [-0.1, -0.05) is 17.7 Å². The molecule has 0 bridgehead atoms. The van der Waals surface area contributed by atoms with Crippen molar-refractivity contribution in [2.45, 2.75) is 13.5 Å². The van der Waals surface area contributed by atoms with E-state index in [1.807, 2.05) is 53.6 Å². The Kier molecular flexibility index (Phi) is 5.22. The van der Waals surface area contributed by atoms with E-state index in [-0.39, 0.29) is 6.03 Å². The van der Waals surface area contributed by atoms with Gasteiger partial charge in [-0.05, 0) is 31.2 Å². The zero-order valence-electron chi connectivity index (χ0n) is 15.2. The summed E-state index contributed by atoms with van der Waals surface area (Å²) in [7, 11) is 0. The lowest BCUT2D eigenvalue weighted by molar-refractivity contribution is 0.143. The molecule has 3 heterocycles. The first-order valence-electron chi connectivity index (χ1n) is 9.00. The van der Waals surface area contributed by atoms with Gasteiger partial charge >= 0.3 is 6.03 Å². The van der Waals surface area contributed by atoms with E-state index in [2.05, 4.69) is 15.2 Å². The van der Waals surface area contributed by atoms with Crippen LogP contribution in [0.25, 0.3) is 11.5 Å². The third kappa shape index (κ3) is 4.37. The molecule has 1 saturated heterocycles. The third-order valence-electron chi connectivity index (χ3n) is 4.65. The van der Waals surface area contributed by atoms with E-state index >= 15 is 0 Å². The molecule has 6 nitrogen and oxygen atoms in total. The number of hydrogen-bond acceptors (Lipinski definition) is 5. The van der Waals surface area contributed by atoms with E-state index in [1.54, 1.807) is 17.6 Å². The number of benzene rings is 1. The fourth-order valence-corrected chi connectivity index (χ4v) is 3.89. The fraction of sp³-hybridized carbons (Fsp3) is 0.300. The summed E-state index contributed by atoms with van der Waals surface area (Å²) in [5.41, 5.74) is 2.90. The number of carbonyl (C=O) groups excluding carboxylic acids is 1. The van der Waals surface area contributed by atoms with Crippen molar-refractivity contribution in [2.75, 3.05) is 31.5 Å². The zero-order chi connectivity index (χ0) is 18.6. The minimum atomic E-state index is -0.0344. The van der Waals surface area contributed by atoms with Crippen LogP contribution >= 0.6 is 11.3 Å². The minimum Gasteiger partial charge on any atom is -0.463 e. The maximum Gasteiger partial charge on any atom is 0.321 e. The highest BCUT2D eigenvalue weighted by Gasteiger charge is 2.22. The van der Waals surface area contributed by atoms with Gasteiger partial charge in [-0.15, -0.1) is 11.3 Å². The molecule has 1 fully saturated rings. The Bertz CT molecular complexity index is 881. The number of aryl methyl sites for hydroxylation is 1. The maximum atomic E-state index is 12.4. The molecule has 1 aliphatic heterocycles. The number of hydrogen-bond donors (Lipinski definition) is 1. The first-order chi connectivity index (χ1) is 13.2. The molecule has 0 aliphatic carbocycles. The van der Waals surface area contributed by atoms with Crippen LogP contribution in [0.4, 0.5) is 10.5 Å². The van der Waals surface area contributed by atoms with Crippen LogP contribution in [0.15, 0.2) is 52.5 Å². The Morgan fingerprint density at radius 3 is 2.67 bits per heavy atom. The largest absolute Gasteiger partial charge is 0.463 e. The predicted molar refractivity (Wildman–Crippen MR) is 107 cm³/mol. The molecule has 7 heteroatoms. The van der Waals surface area contributed by atoms with Crippen molar-refractivity contribution in [2.24, 2.45) is 0 Å². The molecule has 140 valence electrons. The van der Waals surface area contributed by atoms with Gasteiger partial charge in [0.05, 0.1) is 12.8 Å². The van der Waals surface area contributed by atoms with Gasteiger partial charge in [-0.2, -0.15) is 0 Å². The number of nitrogens with one attached hydrogen (secondary N) is 1. The second kappa shape index (κ2) is 7.94. The molecular weight excluding hydrogens is 360 g/mol. The summed E-state index contributed by atoms with van der Waals surface area (Å²) in [4.78, 5) is 21.3. The molecule has 0 spiro atoms. The molecular formula is C20H22N4O2S. The highest BCUT2D eigenvalue weighted by Crippen LogP contribution is 2.23. The van der Waals surface area contributed by atoms with Gasteiger partial charge in [0.15, 0.2) is 5.76 Å². The first kappa shape index (κ1) is 17.8. The van der Waals surface area contributed by atoms with Gasteiger partial charge in [-0.25, -0.2) is 9.78 Å². The quantitative estimate of drug-likeness (QED) is 0.739. The number of rotatable bonds is 4. The van der Waals surface area contributed by atoms with Crippen molar-refractivity contribution in [3.63, 3.8) is 0 Å². The topological polar surface area (TPSA) is 61.6 Å². The lowest BCUT2D eigenvalue weighted by Crippen LogP contribution is -2.49. The summed E-state index contributed by atoms with van der Waals surface area (Å²) in [5, 5.41) is 6.07. The number of carbonyl (C=O) groups is 1. The molecule has 27 heavy (non-hydrogen) atoms. The average molecular weight is 382 g/mol. The lowest BCUT2D eigenvalue weighted by atomic mass is 10.2. The summed E-state index contributed by atoms with van der Waals surface area (Å²) < 4.78 is 5.40. The SMILES string of the molecule is Cc1ccc(NC(=O)N2CCN(Cc3nc(-c4ccco4)cs3)CC2)cc1. The summed E-state index contributed by atoms with van der Waals surface area (Å²) >= 11 is 1.65. The van der Waals surface area contributed by atoms with Crippen LogP contribution in [-0.4, -0.2) is 47.0 Å². The molecule has 0 radical (unpaired) electrons. The molecule has 3 aromatic rings. The van der Waals surface area contributed by atoms with Crippen LogP contribution in [-0.2, 0) is 6.54 Å². The summed E-state index contributed by atoms with van der Waals surface area (Å²) in [6, 6.07) is 11.6. The van der Waals surface area contributed by atoms with Crippen molar-refractivity contribution in [3.05, 3.63) is 58.6 Å². The van der Waals surface area contributed by atoms with E-state index in [1.165, 1.54) is 5.56 Å². The molecule has 2 aromatic heterocycles. The highest BCUT2D eigenvalue weighted by atomic mass is 32.1. The number of piperazine rings is 1. The third-order valence-corrected chi connectivity index (χ3v) is 5.48. The van der Waals surface area contributed by atoms with Crippen LogP contribution in [0.5, 0.6) is 0 Å². The maximum absolute atomic E-state index is 12.4. The molecule has 1 aliphatic rings. The number of urea groups is 1. The molecule has 1 aromatic carbocycles. The van der Waals surface area contributed by atoms with Gasteiger partial charge in [0.1, 0.15) is 10.7 Å². The monoisotopic (exact) mass is 382 g/mol. The number of thiazole rings is 1. The Hall–Kier alpha value is -2.64. The first-order valence-corrected chi connectivity index (χ1v) is 9.88. The Balaban J connectivity index is 1.27. The fourth-order valence-electron chi connectivity index (χ4n) is 3.06. The van der Waals surface area contributed by atoms with E-state index in [0.29, 0.717) is 13.1 Å². The summed E-state index contributed by atoms with van der Waals surface area (Å²) in [6.07, 6.45) is 1.66. The molecule has 1 N–H and O–H groups in total. The number of amides is 2. The Morgan fingerprint density at radius 1 is 1.19 bits per heavy atom. The Morgan fingerprint density at radius 2 is 1.96 bits per heavy atom. The standard InChI is InChI=1S/C20H22N4O2S/c1-15-4-6-16(7-5-15)21-20(25)24-10-8-23(9-11-24)13-19-22-17(14-27-19)18-3-2-12-26-18/h2-7,12,14H,8-11,13H2,1H3,(H,21,25). The van der Waals surface area contributed by atoms with Crippen LogP contribution in [0.2, 0.25) is 0 Å². The molecule has 0 atom stereocenters. The van der Waals surface area contributed by atoms with Gasteiger partial charge in [0.2, 0.25) is 0 Å². The number of furan rings is 1. The van der Waals surface area contributed by atoms with Gasteiger partial charge < -0.3 is 14.6 Å². The smallest absolute Gasteiger partial charge is 0.321 e. The number of anilines is 1. The van der Waals surface area contributed by atoms with Crippen LogP contribution in [0, 0.1) is 6.92 Å². The van der Waals surface area contributed by atoms with Gasteiger partial charge in [0.25, 0.3) is 0 Å². The van der Waals surface area contributed by atoms with E-state index in [9.17, 15) is 4.79 Å². The second-order valence-electron chi connectivity index (χ2n) is 6.66. The number of aromatic nitrogens is 1. The number of nitrogens with zero attached hydrogens (tertiary/aromatic N) is 3. The zero-order valence-corrected chi connectivity index (χ0v) is 16.0. The average Bonchev–Trinajstić information content (AvgIpc) is 3.36. The van der Waals surface area contributed by atoms with Gasteiger partial charge in [-0.3, -0.25) is 4.90 Å². The van der Waals surface area contributed by atoms with Crippen molar-refractivity contribution in [1.29, 1.82) is 0 Å². The van der Waals surface area contributed by atoms with Crippen LogP contribution < -0.4 is 5.32 Å². The van der Waals surface area contributed by atoms with Crippen LogP contribution in [0.1, 0.15) is 10.6 Å². The van der Waals surface area contributed by atoms with E-state index in [4.69, 9.17) is 4.42 Å². The predicted octanol–water partition coefficient (Wildman–Crippen LogP) is 4.06. The minimum absolute atomic E-state index is 0.0344.